The highest BCUT2D eigenvalue weighted by atomic mass is 35.5. The Balaban J connectivity index is 2.39. The molecule has 0 aliphatic rings. The molecule has 0 aliphatic heterocycles. The van der Waals surface area contributed by atoms with Gasteiger partial charge >= 0.3 is 0 Å². The Labute approximate surface area is 108 Å². The van der Waals surface area contributed by atoms with Crippen molar-refractivity contribution in [3.8, 4) is 5.69 Å². The van der Waals surface area contributed by atoms with Gasteiger partial charge in [0.2, 0.25) is 0 Å². The van der Waals surface area contributed by atoms with E-state index in [1.54, 1.807) is 11.3 Å². The Morgan fingerprint density at radius 1 is 1.35 bits per heavy atom. The first-order valence-electron chi connectivity index (χ1n) is 5.36. The number of hydrogen-bond acceptors (Lipinski definition) is 2. The number of halogens is 1. The lowest BCUT2D eigenvalue weighted by Gasteiger charge is -2.04. The summed E-state index contributed by atoms with van der Waals surface area (Å²) in [5, 5.41) is 4.18. The summed E-state index contributed by atoms with van der Waals surface area (Å²) in [6, 6.07) is 8.30. The average Bonchev–Trinajstić information content (AvgIpc) is 2.94. The van der Waals surface area contributed by atoms with Crippen LogP contribution in [-0.2, 0) is 5.88 Å². The number of aryl methyl sites for hydroxylation is 1. The number of para-hydroxylation sites is 1. The summed E-state index contributed by atoms with van der Waals surface area (Å²) in [6.07, 6.45) is 0. The van der Waals surface area contributed by atoms with E-state index in [0.717, 1.165) is 22.5 Å². The van der Waals surface area contributed by atoms with E-state index in [2.05, 4.69) is 51.5 Å². The third-order valence-electron chi connectivity index (χ3n) is 2.84. The Kier molecular flexibility index (Phi) is 2.65. The highest BCUT2D eigenvalue weighted by Crippen LogP contribution is 2.25. The summed E-state index contributed by atoms with van der Waals surface area (Å²) in [7, 11) is 0. The maximum atomic E-state index is 5.99. The maximum Gasteiger partial charge on any atom is 0.129 e. The molecule has 0 saturated heterocycles. The van der Waals surface area contributed by atoms with Crippen LogP contribution in [0.2, 0.25) is 0 Å². The van der Waals surface area contributed by atoms with Crippen molar-refractivity contribution in [1.29, 1.82) is 0 Å². The van der Waals surface area contributed by atoms with Gasteiger partial charge in [-0.2, -0.15) is 11.3 Å². The van der Waals surface area contributed by atoms with Crippen LogP contribution in [-0.4, -0.2) is 9.55 Å². The van der Waals surface area contributed by atoms with Crippen molar-refractivity contribution >= 4 is 34.0 Å². The molecule has 1 aromatic carbocycles. The molecule has 0 amide bonds. The Bertz CT molecular complexity index is 655. The fourth-order valence-corrected chi connectivity index (χ4v) is 2.85. The second-order valence-corrected chi connectivity index (χ2v) is 4.97. The first-order valence-corrected chi connectivity index (χ1v) is 6.84. The van der Waals surface area contributed by atoms with Crippen LogP contribution >= 0.6 is 22.9 Å². The van der Waals surface area contributed by atoms with Crippen LogP contribution < -0.4 is 0 Å². The first kappa shape index (κ1) is 10.8. The molecule has 3 aromatic rings. The average molecular weight is 263 g/mol. The lowest BCUT2D eigenvalue weighted by Crippen LogP contribution is -1.97. The molecular weight excluding hydrogens is 252 g/mol. The molecule has 0 aliphatic carbocycles. The van der Waals surface area contributed by atoms with E-state index >= 15 is 0 Å². The van der Waals surface area contributed by atoms with Crippen molar-refractivity contribution in [3.63, 3.8) is 0 Å². The number of nitrogens with zero attached hydrogens (tertiary/aromatic N) is 2. The van der Waals surface area contributed by atoms with Crippen LogP contribution in [0.1, 0.15) is 11.4 Å². The first-order chi connectivity index (χ1) is 8.31. The highest BCUT2D eigenvalue weighted by molar-refractivity contribution is 7.08. The number of hydrogen-bond donors (Lipinski definition) is 0. The number of benzene rings is 1. The Morgan fingerprint density at radius 2 is 2.24 bits per heavy atom. The molecule has 0 bridgehead atoms. The standard InChI is InChI=1S/C13H11ClN2S/c1-9-3-2-4-11-13(9)15-12(7-14)16(11)10-5-6-17-8-10/h2-6,8H,7H2,1H3. The van der Waals surface area contributed by atoms with E-state index in [0.29, 0.717) is 5.88 Å². The molecule has 0 unspecified atom stereocenters. The number of rotatable bonds is 2. The maximum absolute atomic E-state index is 5.99. The van der Waals surface area contributed by atoms with Gasteiger partial charge in [0.25, 0.3) is 0 Å². The predicted octanol–water partition coefficient (Wildman–Crippen LogP) is 4.13. The molecule has 0 atom stereocenters. The lowest BCUT2D eigenvalue weighted by molar-refractivity contribution is 0.986. The fourth-order valence-electron chi connectivity index (χ4n) is 2.05. The molecule has 2 heterocycles. The van der Waals surface area contributed by atoms with Gasteiger partial charge in [-0.25, -0.2) is 4.98 Å². The number of imidazole rings is 1. The second-order valence-electron chi connectivity index (χ2n) is 3.92. The molecule has 86 valence electrons. The third-order valence-corrected chi connectivity index (χ3v) is 3.75. The van der Waals surface area contributed by atoms with Crippen molar-refractivity contribution in [2.75, 3.05) is 0 Å². The fraction of sp³-hybridized carbons (Fsp3) is 0.154. The smallest absolute Gasteiger partial charge is 0.129 e. The largest absolute Gasteiger partial charge is 0.294 e. The predicted molar refractivity (Wildman–Crippen MR) is 73.2 cm³/mol. The normalized spacial score (nSPS) is 11.2. The molecule has 2 aromatic heterocycles. The molecule has 0 spiro atoms. The molecule has 0 fully saturated rings. The van der Waals surface area contributed by atoms with Crippen molar-refractivity contribution < 1.29 is 0 Å². The highest BCUT2D eigenvalue weighted by Gasteiger charge is 2.12. The zero-order valence-corrected chi connectivity index (χ0v) is 10.9. The van der Waals surface area contributed by atoms with Crippen LogP contribution in [0.4, 0.5) is 0 Å². The van der Waals surface area contributed by atoms with Crippen LogP contribution in [0.5, 0.6) is 0 Å². The Hall–Kier alpha value is -1.32. The minimum atomic E-state index is 0.421. The van der Waals surface area contributed by atoms with Gasteiger partial charge in [0.1, 0.15) is 5.82 Å². The van der Waals surface area contributed by atoms with Gasteiger partial charge in [-0.3, -0.25) is 4.57 Å². The quantitative estimate of drug-likeness (QED) is 0.635. The molecular formula is C13H11ClN2S. The van der Waals surface area contributed by atoms with Crippen LogP contribution in [0.3, 0.4) is 0 Å². The van der Waals surface area contributed by atoms with Gasteiger partial charge < -0.3 is 0 Å². The summed E-state index contributed by atoms with van der Waals surface area (Å²) in [5.74, 6) is 1.32. The molecule has 3 rings (SSSR count). The van der Waals surface area contributed by atoms with E-state index in [9.17, 15) is 0 Å². The topological polar surface area (TPSA) is 17.8 Å². The summed E-state index contributed by atoms with van der Waals surface area (Å²) < 4.78 is 2.13. The van der Waals surface area contributed by atoms with E-state index < -0.39 is 0 Å². The van der Waals surface area contributed by atoms with Crippen LogP contribution in [0, 0.1) is 6.92 Å². The van der Waals surface area contributed by atoms with Gasteiger partial charge in [-0.05, 0) is 30.0 Å². The van der Waals surface area contributed by atoms with E-state index in [1.165, 1.54) is 5.56 Å². The third kappa shape index (κ3) is 1.66. The molecule has 2 nitrogen and oxygen atoms in total. The summed E-state index contributed by atoms with van der Waals surface area (Å²) in [6.45, 7) is 2.07. The molecule has 0 radical (unpaired) electrons. The zero-order valence-electron chi connectivity index (χ0n) is 9.35. The van der Waals surface area contributed by atoms with Crippen molar-refractivity contribution in [1.82, 2.24) is 9.55 Å². The summed E-state index contributed by atoms with van der Waals surface area (Å²) in [4.78, 5) is 4.62. The number of alkyl halides is 1. The van der Waals surface area contributed by atoms with E-state index in [4.69, 9.17) is 11.6 Å². The van der Waals surface area contributed by atoms with Crippen molar-refractivity contribution in [3.05, 3.63) is 46.4 Å². The second kappa shape index (κ2) is 4.17. The van der Waals surface area contributed by atoms with Crippen molar-refractivity contribution in [2.45, 2.75) is 12.8 Å². The Morgan fingerprint density at radius 3 is 2.94 bits per heavy atom. The molecule has 4 heteroatoms. The molecule has 17 heavy (non-hydrogen) atoms. The minimum absolute atomic E-state index is 0.421. The van der Waals surface area contributed by atoms with Crippen LogP contribution in [0.25, 0.3) is 16.7 Å². The van der Waals surface area contributed by atoms with Gasteiger partial charge in [0, 0.05) is 5.38 Å². The van der Waals surface area contributed by atoms with E-state index in [1.807, 2.05) is 0 Å². The monoisotopic (exact) mass is 262 g/mol. The molecule has 0 saturated carbocycles. The zero-order chi connectivity index (χ0) is 11.8. The van der Waals surface area contributed by atoms with Gasteiger partial charge in [-0.1, -0.05) is 12.1 Å². The summed E-state index contributed by atoms with van der Waals surface area (Å²) in [5.41, 5.74) is 4.48. The van der Waals surface area contributed by atoms with Gasteiger partial charge in [-0.15, -0.1) is 11.6 Å². The molecule has 0 N–H and O–H groups in total. The number of fused-ring (bicyclic) bond motifs is 1. The lowest BCUT2D eigenvalue weighted by atomic mass is 10.2. The van der Waals surface area contributed by atoms with Crippen LogP contribution in [0.15, 0.2) is 35.0 Å². The number of aromatic nitrogens is 2. The van der Waals surface area contributed by atoms with Gasteiger partial charge in [0.05, 0.1) is 22.6 Å². The van der Waals surface area contributed by atoms with Crippen molar-refractivity contribution in [2.24, 2.45) is 0 Å². The van der Waals surface area contributed by atoms with E-state index in [-0.39, 0.29) is 0 Å². The SMILES string of the molecule is Cc1cccc2c1nc(CCl)n2-c1ccsc1. The summed E-state index contributed by atoms with van der Waals surface area (Å²) >= 11 is 7.67. The number of thiophene rings is 1. The van der Waals surface area contributed by atoms with Gasteiger partial charge in [0.15, 0.2) is 0 Å². The minimum Gasteiger partial charge on any atom is -0.294 e.